The molecule has 2 aliphatic rings. The van der Waals surface area contributed by atoms with Gasteiger partial charge in [-0.3, -0.25) is 9.69 Å². The van der Waals surface area contributed by atoms with E-state index in [2.05, 4.69) is 32.0 Å². The van der Waals surface area contributed by atoms with E-state index in [0.29, 0.717) is 19.2 Å². The van der Waals surface area contributed by atoms with E-state index in [4.69, 9.17) is 4.74 Å². The minimum Gasteiger partial charge on any atom is -0.383 e. The second-order valence-electron chi connectivity index (χ2n) is 7.74. The van der Waals surface area contributed by atoms with Gasteiger partial charge in [0.05, 0.1) is 12.5 Å². The first-order valence-corrected chi connectivity index (χ1v) is 10.1. The van der Waals surface area contributed by atoms with Crippen LogP contribution in [0.15, 0.2) is 6.33 Å². The molecule has 1 N–H and O–H groups in total. The van der Waals surface area contributed by atoms with Gasteiger partial charge in [-0.25, -0.2) is 9.97 Å². The van der Waals surface area contributed by atoms with Crippen molar-refractivity contribution in [2.45, 2.75) is 45.6 Å². The zero-order chi connectivity index (χ0) is 19.2. The number of aryl methyl sites for hydroxylation is 1. The molecule has 2 saturated heterocycles. The Balaban J connectivity index is 1.51. The third-order valence-electron chi connectivity index (χ3n) is 6.02. The molecule has 3 rings (SSSR count). The molecule has 0 spiro atoms. The first kappa shape index (κ1) is 20.0. The zero-order valence-corrected chi connectivity index (χ0v) is 16.9. The highest BCUT2D eigenvalue weighted by Gasteiger charge is 2.32. The topological polar surface area (TPSA) is 70.6 Å². The molecule has 1 amide bonds. The molecular weight excluding hydrogens is 342 g/mol. The minimum absolute atomic E-state index is 0.111. The highest BCUT2D eigenvalue weighted by atomic mass is 16.5. The SMILES string of the molecule is COCCNC(=O)[C@H]1CCCN(C2CCN(c3ncnc(C)c3C)CC2)C1. The lowest BCUT2D eigenvalue weighted by atomic mass is 9.93. The molecule has 0 unspecified atom stereocenters. The maximum Gasteiger partial charge on any atom is 0.224 e. The highest BCUT2D eigenvalue weighted by Crippen LogP contribution is 2.27. The molecule has 2 fully saturated rings. The molecule has 0 saturated carbocycles. The number of likely N-dealkylation sites (tertiary alicyclic amines) is 1. The average Bonchev–Trinajstić information content (AvgIpc) is 2.70. The van der Waals surface area contributed by atoms with Gasteiger partial charge in [0.15, 0.2) is 0 Å². The van der Waals surface area contributed by atoms with Crippen LogP contribution in [0.4, 0.5) is 5.82 Å². The third kappa shape index (κ3) is 4.96. The van der Waals surface area contributed by atoms with Crippen molar-refractivity contribution < 1.29 is 9.53 Å². The number of nitrogens with one attached hydrogen (secondary N) is 1. The fraction of sp³-hybridized carbons (Fsp3) is 0.750. The van der Waals surface area contributed by atoms with Crippen molar-refractivity contribution in [1.29, 1.82) is 0 Å². The number of hydrogen-bond donors (Lipinski definition) is 1. The van der Waals surface area contributed by atoms with Crippen molar-refractivity contribution in [2.24, 2.45) is 5.92 Å². The van der Waals surface area contributed by atoms with Crippen LogP contribution in [0.5, 0.6) is 0 Å². The second-order valence-corrected chi connectivity index (χ2v) is 7.74. The van der Waals surface area contributed by atoms with Crippen LogP contribution in [-0.2, 0) is 9.53 Å². The predicted octanol–water partition coefficient (Wildman–Crippen LogP) is 1.54. The number of anilines is 1. The molecule has 1 aromatic rings. The number of carbonyl (C=O) groups excluding carboxylic acids is 1. The number of nitrogens with zero attached hydrogens (tertiary/aromatic N) is 4. The lowest BCUT2D eigenvalue weighted by molar-refractivity contribution is -0.127. The Morgan fingerprint density at radius 3 is 2.74 bits per heavy atom. The van der Waals surface area contributed by atoms with Gasteiger partial charge in [0, 0.05) is 50.6 Å². The highest BCUT2D eigenvalue weighted by molar-refractivity contribution is 5.78. The molecule has 3 heterocycles. The van der Waals surface area contributed by atoms with E-state index in [1.54, 1.807) is 13.4 Å². The maximum absolute atomic E-state index is 12.4. The van der Waals surface area contributed by atoms with Crippen molar-refractivity contribution in [1.82, 2.24) is 20.2 Å². The Hall–Kier alpha value is -1.73. The van der Waals surface area contributed by atoms with Crippen LogP contribution in [0.25, 0.3) is 0 Å². The van der Waals surface area contributed by atoms with Gasteiger partial charge in [0.2, 0.25) is 5.91 Å². The quantitative estimate of drug-likeness (QED) is 0.761. The summed E-state index contributed by atoms with van der Waals surface area (Å²) in [5.41, 5.74) is 2.24. The lowest BCUT2D eigenvalue weighted by Gasteiger charge is -2.42. The lowest BCUT2D eigenvalue weighted by Crippen LogP contribution is -2.51. The number of rotatable bonds is 6. The van der Waals surface area contributed by atoms with E-state index >= 15 is 0 Å². The van der Waals surface area contributed by atoms with Gasteiger partial charge in [0.25, 0.3) is 0 Å². The monoisotopic (exact) mass is 375 g/mol. The summed E-state index contributed by atoms with van der Waals surface area (Å²) in [7, 11) is 1.66. The number of ether oxygens (including phenoxy) is 1. The van der Waals surface area contributed by atoms with E-state index in [0.717, 1.165) is 63.4 Å². The Morgan fingerprint density at radius 2 is 2.00 bits per heavy atom. The van der Waals surface area contributed by atoms with Gasteiger partial charge in [0.1, 0.15) is 12.1 Å². The summed E-state index contributed by atoms with van der Waals surface area (Å²) in [6.07, 6.45) is 6.02. The van der Waals surface area contributed by atoms with Gasteiger partial charge >= 0.3 is 0 Å². The molecule has 0 aromatic carbocycles. The van der Waals surface area contributed by atoms with Gasteiger partial charge in [-0.2, -0.15) is 0 Å². The van der Waals surface area contributed by atoms with Crippen LogP contribution in [0.2, 0.25) is 0 Å². The summed E-state index contributed by atoms with van der Waals surface area (Å²) in [6.45, 7) is 9.34. The maximum atomic E-state index is 12.4. The van der Waals surface area contributed by atoms with E-state index < -0.39 is 0 Å². The van der Waals surface area contributed by atoms with Crippen LogP contribution in [-0.4, -0.2) is 73.3 Å². The van der Waals surface area contributed by atoms with Crippen LogP contribution < -0.4 is 10.2 Å². The summed E-state index contributed by atoms with van der Waals surface area (Å²) < 4.78 is 5.02. The number of hydrogen-bond acceptors (Lipinski definition) is 6. The molecule has 150 valence electrons. The summed E-state index contributed by atoms with van der Waals surface area (Å²) in [6, 6.07) is 0.569. The summed E-state index contributed by atoms with van der Waals surface area (Å²) in [5, 5.41) is 3.00. The minimum atomic E-state index is 0.111. The van der Waals surface area contributed by atoms with E-state index in [1.165, 1.54) is 5.56 Å². The molecular formula is C20H33N5O2. The molecule has 2 aliphatic heterocycles. The standard InChI is InChI=1S/C20H33N5O2/c1-15-16(2)22-14-23-19(15)24-10-6-18(7-11-24)25-9-4-5-17(13-25)20(26)21-8-12-27-3/h14,17-18H,4-13H2,1-3H3,(H,21,26)/t17-/m0/s1. The van der Waals surface area contributed by atoms with Crippen LogP contribution in [0, 0.1) is 19.8 Å². The van der Waals surface area contributed by atoms with Crippen molar-refractivity contribution in [3.63, 3.8) is 0 Å². The summed E-state index contributed by atoms with van der Waals surface area (Å²) >= 11 is 0. The van der Waals surface area contributed by atoms with Crippen molar-refractivity contribution in [3.05, 3.63) is 17.6 Å². The number of methoxy groups -OCH3 is 1. The molecule has 1 aromatic heterocycles. The van der Waals surface area contributed by atoms with Crippen molar-refractivity contribution in [3.8, 4) is 0 Å². The number of aromatic nitrogens is 2. The van der Waals surface area contributed by atoms with Crippen molar-refractivity contribution >= 4 is 11.7 Å². The normalized spacial score (nSPS) is 22.0. The molecule has 0 radical (unpaired) electrons. The van der Waals surface area contributed by atoms with Gasteiger partial charge in [-0.1, -0.05) is 0 Å². The Bertz CT molecular complexity index is 631. The first-order valence-electron chi connectivity index (χ1n) is 10.1. The Morgan fingerprint density at radius 1 is 1.22 bits per heavy atom. The third-order valence-corrected chi connectivity index (χ3v) is 6.02. The van der Waals surface area contributed by atoms with Crippen LogP contribution in [0.1, 0.15) is 36.9 Å². The van der Waals surface area contributed by atoms with Crippen LogP contribution in [0.3, 0.4) is 0 Å². The summed E-state index contributed by atoms with van der Waals surface area (Å²) in [5.74, 6) is 1.37. The molecule has 7 nitrogen and oxygen atoms in total. The number of amides is 1. The molecule has 27 heavy (non-hydrogen) atoms. The van der Waals surface area contributed by atoms with Crippen molar-refractivity contribution in [2.75, 3.05) is 51.3 Å². The first-order chi connectivity index (χ1) is 13.1. The van der Waals surface area contributed by atoms with Crippen LogP contribution >= 0.6 is 0 Å². The molecule has 0 bridgehead atoms. The second kappa shape index (κ2) is 9.46. The van der Waals surface area contributed by atoms with Gasteiger partial charge in [-0.15, -0.1) is 0 Å². The Kier molecular flexibility index (Phi) is 7.01. The summed E-state index contributed by atoms with van der Waals surface area (Å²) in [4.78, 5) is 26.1. The number of carbonyl (C=O) groups is 1. The molecule has 0 aliphatic carbocycles. The Labute approximate surface area is 162 Å². The molecule has 7 heteroatoms. The fourth-order valence-corrected chi connectivity index (χ4v) is 4.26. The number of piperidine rings is 2. The van der Waals surface area contributed by atoms with Gasteiger partial charge < -0.3 is 15.0 Å². The van der Waals surface area contributed by atoms with E-state index in [9.17, 15) is 4.79 Å². The molecule has 1 atom stereocenters. The fourth-order valence-electron chi connectivity index (χ4n) is 4.26. The van der Waals surface area contributed by atoms with E-state index in [1.807, 2.05) is 6.92 Å². The predicted molar refractivity (Wildman–Crippen MR) is 106 cm³/mol. The zero-order valence-electron chi connectivity index (χ0n) is 16.9. The van der Waals surface area contributed by atoms with E-state index in [-0.39, 0.29) is 11.8 Å². The average molecular weight is 376 g/mol. The van der Waals surface area contributed by atoms with Gasteiger partial charge in [-0.05, 0) is 46.1 Å². The smallest absolute Gasteiger partial charge is 0.224 e. The largest absolute Gasteiger partial charge is 0.383 e.